The molecule has 0 amide bonds. The van der Waals surface area contributed by atoms with Gasteiger partial charge in [0.25, 0.3) is 0 Å². The summed E-state index contributed by atoms with van der Waals surface area (Å²) in [6, 6.07) is 74.3. The summed E-state index contributed by atoms with van der Waals surface area (Å²) in [6.07, 6.45) is 0. The van der Waals surface area contributed by atoms with Gasteiger partial charge in [0.2, 0.25) is 0 Å². The Morgan fingerprint density at radius 1 is 0.351 bits per heavy atom. The van der Waals surface area contributed by atoms with Gasteiger partial charge in [-0.1, -0.05) is 182 Å². The zero-order valence-electron chi connectivity index (χ0n) is 31.5. The predicted octanol–water partition coefficient (Wildman–Crippen LogP) is 13.6. The van der Waals surface area contributed by atoms with Gasteiger partial charge in [-0.3, -0.25) is 0 Å². The number of aromatic nitrogens is 2. The van der Waals surface area contributed by atoms with Gasteiger partial charge < -0.3 is 4.90 Å². The first-order chi connectivity index (χ1) is 28.2. The number of hydrogen-bond donors (Lipinski definition) is 0. The highest BCUT2D eigenvalue weighted by atomic mass is 15.2. The van der Waals surface area contributed by atoms with Crippen LogP contribution in [0.3, 0.4) is 0 Å². The monoisotopic (exact) mass is 727 g/mol. The minimum atomic E-state index is -0.413. The second-order valence-corrected chi connectivity index (χ2v) is 14.9. The summed E-state index contributed by atoms with van der Waals surface area (Å²) in [4.78, 5) is 12.7. The lowest BCUT2D eigenvalue weighted by atomic mass is 9.64. The van der Waals surface area contributed by atoms with E-state index in [0.29, 0.717) is 5.82 Å². The van der Waals surface area contributed by atoms with Crippen LogP contribution in [0.5, 0.6) is 0 Å². The standard InChI is InChI=1S/C54H37N3/c1-36-51(39-16-4-2-5-17-39)55-53(56-52(36)40-18-6-3-7-19-40)41-30-28-37(29-31-41)38-32-34-42(35-33-38)57-49-26-14-12-24-47(49)54(48-25-13-15-27-50(48)57)45-22-10-8-20-43(45)44-21-9-11-23-46(44)54/h2-35H,1H3. The van der Waals surface area contributed by atoms with Crippen LogP contribution < -0.4 is 4.90 Å². The molecule has 8 aromatic carbocycles. The average Bonchev–Trinajstić information content (AvgIpc) is 3.58. The molecular weight excluding hydrogens is 691 g/mol. The van der Waals surface area contributed by atoms with Gasteiger partial charge in [0.1, 0.15) is 0 Å². The maximum Gasteiger partial charge on any atom is 0.160 e. The van der Waals surface area contributed by atoms with Crippen molar-refractivity contribution < 1.29 is 0 Å². The van der Waals surface area contributed by atoms with E-state index in [1.54, 1.807) is 0 Å². The van der Waals surface area contributed by atoms with E-state index in [4.69, 9.17) is 9.97 Å². The molecule has 0 N–H and O–H groups in total. The summed E-state index contributed by atoms with van der Waals surface area (Å²) in [5.74, 6) is 0.716. The van der Waals surface area contributed by atoms with Crippen molar-refractivity contribution in [1.29, 1.82) is 0 Å². The van der Waals surface area contributed by atoms with Crippen LogP contribution in [0.25, 0.3) is 56.2 Å². The first kappa shape index (κ1) is 33.0. The maximum absolute atomic E-state index is 5.14. The number of hydrogen-bond acceptors (Lipinski definition) is 3. The van der Waals surface area contributed by atoms with Crippen LogP contribution in [0.2, 0.25) is 0 Å². The summed E-state index contributed by atoms with van der Waals surface area (Å²) < 4.78 is 0. The SMILES string of the molecule is Cc1c(-c2ccccc2)nc(-c2ccc(-c3ccc(N4c5ccccc5C5(c6ccccc6-c6ccccc65)c5ccccc54)cc3)cc2)nc1-c1ccccc1. The van der Waals surface area contributed by atoms with Crippen LogP contribution in [0.4, 0.5) is 17.1 Å². The minimum absolute atomic E-state index is 0.413. The van der Waals surface area contributed by atoms with Crippen LogP contribution in [-0.2, 0) is 5.41 Å². The zero-order valence-corrected chi connectivity index (χ0v) is 31.5. The molecule has 9 aromatic rings. The first-order valence-electron chi connectivity index (χ1n) is 19.6. The van der Waals surface area contributed by atoms with E-state index in [2.05, 4.69) is 206 Å². The van der Waals surface area contributed by atoms with E-state index < -0.39 is 5.41 Å². The van der Waals surface area contributed by atoms with E-state index >= 15 is 0 Å². The molecule has 11 rings (SSSR count). The maximum atomic E-state index is 5.14. The molecule has 0 bridgehead atoms. The second-order valence-electron chi connectivity index (χ2n) is 14.9. The third-order valence-corrected chi connectivity index (χ3v) is 11.9. The van der Waals surface area contributed by atoms with Crippen LogP contribution in [0.15, 0.2) is 206 Å². The van der Waals surface area contributed by atoms with Crippen LogP contribution in [0.1, 0.15) is 27.8 Å². The number of para-hydroxylation sites is 2. The molecule has 0 saturated heterocycles. The third kappa shape index (κ3) is 5.06. The van der Waals surface area contributed by atoms with Crippen molar-refractivity contribution in [2.24, 2.45) is 0 Å². The number of benzene rings is 8. The molecule has 0 unspecified atom stereocenters. The number of anilines is 3. The van der Waals surface area contributed by atoms with Gasteiger partial charge in [0.15, 0.2) is 5.82 Å². The summed E-state index contributed by atoms with van der Waals surface area (Å²) in [5.41, 5.74) is 19.4. The largest absolute Gasteiger partial charge is 0.310 e. The zero-order chi connectivity index (χ0) is 37.9. The van der Waals surface area contributed by atoms with Gasteiger partial charge in [-0.05, 0) is 75.7 Å². The van der Waals surface area contributed by atoms with Crippen molar-refractivity contribution in [2.45, 2.75) is 12.3 Å². The van der Waals surface area contributed by atoms with E-state index in [1.807, 2.05) is 12.1 Å². The molecule has 2 aliphatic rings. The Bertz CT molecular complexity index is 2800. The number of rotatable bonds is 5. The second kappa shape index (κ2) is 13.1. The Morgan fingerprint density at radius 2 is 0.737 bits per heavy atom. The summed E-state index contributed by atoms with van der Waals surface area (Å²) in [7, 11) is 0. The molecule has 0 fully saturated rings. The van der Waals surface area contributed by atoms with E-state index in [0.717, 1.165) is 50.5 Å². The highest BCUT2D eigenvalue weighted by Gasteiger charge is 2.51. The smallest absolute Gasteiger partial charge is 0.160 e. The fourth-order valence-corrected chi connectivity index (χ4v) is 9.35. The fraction of sp³-hybridized carbons (Fsp3) is 0.0370. The Kier molecular flexibility index (Phi) is 7.61. The normalized spacial score (nSPS) is 13.1. The van der Waals surface area contributed by atoms with Gasteiger partial charge >= 0.3 is 0 Å². The molecule has 0 atom stereocenters. The fourth-order valence-electron chi connectivity index (χ4n) is 9.35. The van der Waals surface area contributed by atoms with E-state index in [-0.39, 0.29) is 0 Å². The molecule has 3 nitrogen and oxygen atoms in total. The Morgan fingerprint density at radius 3 is 1.23 bits per heavy atom. The van der Waals surface area contributed by atoms with Crippen molar-refractivity contribution in [3.05, 3.63) is 234 Å². The van der Waals surface area contributed by atoms with Gasteiger partial charge in [-0.25, -0.2) is 9.97 Å². The minimum Gasteiger partial charge on any atom is -0.310 e. The summed E-state index contributed by atoms with van der Waals surface area (Å²) >= 11 is 0. The van der Waals surface area contributed by atoms with Gasteiger partial charge in [-0.2, -0.15) is 0 Å². The summed E-state index contributed by atoms with van der Waals surface area (Å²) in [5, 5.41) is 0. The highest BCUT2D eigenvalue weighted by Crippen LogP contribution is 2.63. The van der Waals surface area contributed by atoms with E-state index in [1.165, 1.54) is 44.8 Å². The molecule has 2 heterocycles. The molecule has 0 radical (unpaired) electrons. The van der Waals surface area contributed by atoms with E-state index in [9.17, 15) is 0 Å². The summed E-state index contributed by atoms with van der Waals surface area (Å²) in [6.45, 7) is 2.12. The van der Waals surface area contributed by atoms with Crippen LogP contribution in [0, 0.1) is 6.92 Å². The molecule has 0 saturated carbocycles. The molecule has 268 valence electrons. The van der Waals surface area contributed by atoms with Crippen molar-refractivity contribution in [1.82, 2.24) is 9.97 Å². The quantitative estimate of drug-likeness (QED) is 0.177. The third-order valence-electron chi connectivity index (χ3n) is 11.9. The molecule has 1 spiro atoms. The molecule has 3 heteroatoms. The van der Waals surface area contributed by atoms with Crippen molar-refractivity contribution in [2.75, 3.05) is 4.90 Å². The molecule has 1 aromatic heterocycles. The molecule has 1 aliphatic carbocycles. The number of fused-ring (bicyclic) bond motifs is 9. The van der Waals surface area contributed by atoms with Crippen molar-refractivity contribution >= 4 is 17.1 Å². The highest BCUT2D eigenvalue weighted by molar-refractivity contribution is 5.96. The predicted molar refractivity (Wildman–Crippen MR) is 234 cm³/mol. The topological polar surface area (TPSA) is 29.0 Å². The van der Waals surface area contributed by atoms with Crippen LogP contribution in [-0.4, -0.2) is 9.97 Å². The Hall–Kier alpha value is -7.36. The molecule has 1 aliphatic heterocycles. The Labute approximate surface area is 333 Å². The lowest BCUT2D eigenvalue weighted by Crippen LogP contribution is -2.36. The van der Waals surface area contributed by atoms with Gasteiger partial charge in [0, 0.05) is 27.9 Å². The van der Waals surface area contributed by atoms with Gasteiger partial charge in [0.05, 0.1) is 28.2 Å². The lowest BCUT2D eigenvalue weighted by molar-refractivity contribution is 0.752. The Balaban J connectivity index is 0.974. The van der Waals surface area contributed by atoms with Gasteiger partial charge in [-0.15, -0.1) is 0 Å². The first-order valence-corrected chi connectivity index (χ1v) is 19.6. The lowest BCUT2D eigenvalue weighted by Gasteiger charge is -2.45. The van der Waals surface area contributed by atoms with Crippen molar-refractivity contribution in [3.63, 3.8) is 0 Å². The molecule has 57 heavy (non-hydrogen) atoms. The average molecular weight is 728 g/mol. The number of nitrogens with zero attached hydrogens (tertiary/aromatic N) is 3. The van der Waals surface area contributed by atoms with Crippen LogP contribution >= 0.6 is 0 Å². The molecular formula is C54H37N3. The van der Waals surface area contributed by atoms with Crippen molar-refractivity contribution in [3.8, 4) is 56.2 Å².